The van der Waals surface area contributed by atoms with Crippen LogP contribution in [0, 0.1) is 0 Å². The Morgan fingerprint density at radius 1 is 1.12 bits per heavy atom. The minimum atomic E-state index is -4.35. The van der Waals surface area contributed by atoms with Gasteiger partial charge in [-0.2, -0.15) is 13.2 Å². The fourth-order valence-corrected chi connectivity index (χ4v) is 4.17. The van der Waals surface area contributed by atoms with Gasteiger partial charge in [0.2, 0.25) is 0 Å². The van der Waals surface area contributed by atoms with Gasteiger partial charge in [-0.05, 0) is 37.1 Å². The molecule has 0 saturated carbocycles. The molecule has 0 atom stereocenters. The number of nitrogens with one attached hydrogen (secondary N) is 2. The molecular formula is C24H26F3N5O. The Kier molecular flexibility index (Phi) is 6.69. The Labute approximate surface area is 190 Å². The molecule has 2 N–H and O–H groups in total. The third kappa shape index (κ3) is 5.36. The number of imidazole rings is 1. The number of piperidine rings is 1. The van der Waals surface area contributed by atoms with E-state index in [1.807, 2.05) is 35.2 Å². The normalized spacial score (nSPS) is 15.4. The van der Waals surface area contributed by atoms with Crippen LogP contribution in [-0.2, 0) is 12.7 Å². The monoisotopic (exact) mass is 457 g/mol. The van der Waals surface area contributed by atoms with E-state index in [4.69, 9.17) is 0 Å². The van der Waals surface area contributed by atoms with Crippen molar-refractivity contribution in [2.45, 2.75) is 31.6 Å². The fraction of sp³-hybridized carbons (Fsp3) is 0.333. The van der Waals surface area contributed by atoms with E-state index in [0.29, 0.717) is 17.9 Å². The maximum absolute atomic E-state index is 12.8. The predicted molar refractivity (Wildman–Crippen MR) is 121 cm³/mol. The van der Waals surface area contributed by atoms with E-state index < -0.39 is 11.7 Å². The molecule has 0 unspecified atom stereocenters. The maximum atomic E-state index is 12.8. The Hall–Kier alpha value is -3.33. The molecule has 1 aliphatic heterocycles. The second-order valence-electron chi connectivity index (χ2n) is 8.08. The lowest BCUT2D eigenvalue weighted by Gasteiger charge is -2.38. The lowest BCUT2D eigenvalue weighted by Crippen LogP contribution is -2.50. The predicted octanol–water partition coefficient (Wildman–Crippen LogP) is 4.91. The molecule has 0 spiro atoms. The average Bonchev–Trinajstić information content (AvgIpc) is 3.29. The van der Waals surface area contributed by atoms with Crippen LogP contribution >= 0.6 is 0 Å². The number of amides is 2. The molecule has 6 nitrogen and oxygen atoms in total. The van der Waals surface area contributed by atoms with Gasteiger partial charge in [-0.1, -0.05) is 30.3 Å². The van der Waals surface area contributed by atoms with Crippen LogP contribution in [0.1, 0.15) is 24.1 Å². The van der Waals surface area contributed by atoms with Crippen molar-refractivity contribution >= 4 is 11.7 Å². The summed E-state index contributed by atoms with van der Waals surface area (Å²) in [6.45, 7) is 2.26. The number of hydrogen-bond donors (Lipinski definition) is 2. The number of likely N-dealkylation sites (tertiary alicyclic amines) is 1. The number of aromatic amines is 1. The summed E-state index contributed by atoms with van der Waals surface area (Å²) in [7, 11) is 1.64. The molecule has 1 aliphatic rings. The van der Waals surface area contributed by atoms with Gasteiger partial charge in [0.15, 0.2) is 0 Å². The summed E-state index contributed by atoms with van der Waals surface area (Å²) in [6.07, 6.45) is -0.899. The molecule has 2 heterocycles. The van der Waals surface area contributed by atoms with Crippen LogP contribution in [0.25, 0.3) is 11.4 Å². The van der Waals surface area contributed by atoms with Gasteiger partial charge in [-0.25, -0.2) is 9.78 Å². The SMILES string of the molecule is CNC(=O)N(c1ccccc1)C1CCN(Cc2c[nH]c(-c3ccc(C(F)(F)F)cc3)n2)CC1. The third-order valence-corrected chi connectivity index (χ3v) is 5.89. The van der Waals surface area contributed by atoms with Crippen molar-refractivity contribution in [2.24, 2.45) is 0 Å². The van der Waals surface area contributed by atoms with E-state index >= 15 is 0 Å². The summed E-state index contributed by atoms with van der Waals surface area (Å²) in [5, 5.41) is 2.74. The molecule has 0 radical (unpaired) electrons. The number of para-hydroxylation sites is 1. The van der Waals surface area contributed by atoms with E-state index in [2.05, 4.69) is 20.2 Å². The quantitative estimate of drug-likeness (QED) is 0.573. The lowest BCUT2D eigenvalue weighted by molar-refractivity contribution is -0.137. The summed E-state index contributed by atoms with van der Waals surface area (Å²) < 4.78 is 38.3. The van der Waals surface area contributed by atoms with Crippen LogP contribution in [0.3, 0.4) is 0 Å². The summed E-state index contributed by atoms with van der Waals surface area (Å²) in [5.74, 6) is 0.545. The van der Waals surface area contributed by atoms with Gasteiger partial charge >= 0.3 is 12.2 Å². The smallest absolute Gasteiger partial charge is 0.344 e. The zero-order valence-electron chi connectivity index (χ0n) is 18.3. The molecule has 0 bridgehead atoms. The Bertz CT molecular complexity index is 1060. The Balaban J connectivity index is 1.37. The van der Waals surface area contributed by atoms with Crippen LogP contribution in [0.4, 0.5) is 23.7 Å². The molecule has 1 fully saturated rings. The second kappa shape index (κ2) is 9.66. The lowest BCUT2D eigenvalue weighted by atomic mass is 10.0. The molecule has 2 amide bonds. The highest BCUT2D eigenvalue weighted by molar-refractivity contribution is 5.92. The van der Waals surface area contributed by atoms with Crippen LogP contribution < -0.4 is 10.2 Å². The molecule has 33 heavy (non-hydrogen) atoms. The number of aromatic nitrogens is 2. The molecular weight excluding hydrogens is 431 g/mol. The molecule has 9 heteroatoms. The van der Waals surface area contributed by atoms with E-state index in [9.17, 15) is 18.0 Å². The third-order valence-electron chi connectivity index (χ3n) is 5.89. The Morgan fingerprint density at radius 2 is 1.79 bits per heavy atom. The summed E-state index contributed by atoms with van der Waals surface area (Å²) in [6, 6.07) is 14.6. The molecule has 0 aliphatic carbocycles. The van der Waals surface area contributed by atoms with Crippen LogP contribution in [0.15, 0.2) is 60.8 Å². The molecule has 1 saturated heterocycles. The second-order valence-corrected chi connectivity index (χ2v) is 8.08. The largest absolute Gasteiger partial charge is 0.416 e. The molecule has 3 aromatic rings. The number of hydrogen-bond acceptors (Lipinski definition) is 3. The van der Waals surface area contributed by atoms with Crippen molar-refractivity contribution < 1.29 is 18.0 Å². The van der Waals surface area contributed by atoms with E-state index in [1.165, 1.54) is 12.1 Å². The van der Waals surface area contributed by atoms with Crippen molar-refractivity contribution in [3.05, 3.63) is 72.1 Å². The average molecular weight is 458 g/mol. The highest BCUT2D eigenvalue weighted by atomic mass is 19.4. The van der Waals surface area contributed by atoms with Gasteiger partial charge in [0.05, 0.1) is 11.3 Å². The first-order valence-electron chi connectivity index (χ1n) is 10.9. The van der Waals surface area contributed by atoms with Crippen molar-refractivity contribution in [3.8, 4) is 11.4 Å². The number of halogens is 3. The molecule has 1 aromatic heterocycles. The van der Waals surface area contributed by atoms with Gasteiger partial charge in [0, 0.05) is 50.2 Å². The molecule has 2 aromatic carbocycles. The number of anilines is 1. The van der Waals surface area contributed by atoms with Crippen LogP contribution in [0.2, 0.25) is 0 Å². The first-order chi connectivity index (χ1) is 15.8. The van der Waals surface area contributed by atoms with Crippen LogP contribution in [0.5, 0.6) is 0 Å². The summed E-state index contributed by atoms with van der Waals surface area (Å²) in [5.41, 5.74) is 1.64. The zero-order chi connectivity index (χ0) is 23.4. The fourth-order valence-electron chi connectivity index (χ4n) is 4.17. The van der Waals surface area contributed by atoms with Gasteiger partial charge in [0.1, 0.15) is 5.82 Å². The summed E-state index contributed by atoms with van der Waals surface area (Å²) >= 11 is 0. The van der Waals surface area contributed by atoms with Crippen molar-refractivity contribution in [1.29, 1.82) is 0 Å². The molecule has 4 rings (SSSR count). The number of urea groups is 1. The topological polar surface area (TPSA) is 64.3 Å². The van der Waals surface area contributed by atoms with Crippen molar-refractivity contribution in [3.63, 3.8) is 0 Å². The van der Waals surface area contributed by atoms with Gasteiger partial charge in [-0.3, -0.25) is 9.80 Å². The first-order valence-corrected chi connectivity index (χ1v) is 10.9. The summed E-state index contributed by atoms with van der Waals surface area (Å²) in [4.78, 5) is 24.2. The highest BCUT2D eigenvalue weighted by Gasteiger charge is 2.30. The van der Waals surface area contributed by atoms with E-state index in [-0.39, 0.29) is 12.1 Å². The van der Waals surface area contributed by atoms with Crippen LogP contribution in [-0.4, -0.2) is 47.1 Å². The Morgan fingerprint density at radius 3 is 2.39 bits per heavy atom. The zero-order valence-corrected chi connectivity index (χ0v) is 18.3. The number of rotatable bonds is 5. The van der Waals surface area contributed by atoms with E-state index in [0.717, 1.165) is 49.4 Å². The number of nitrogens with zero attached hydrogens (tertiary/aromatic N) is 3. The van der Waals surface area contributed by atoms with Gasteiger partial charge in [-0.15, -0.1) is 0 Å². The highest BCUT2D eigenvalue weighted by Crippen LogP contribution is 2.30. The maximum Gasteiger partial charge on any atom is 0.416 e. The minimum Gasteiger partial charge on any atom is -0.344 e. The van der Waals surface area contributed by atoms with Crippen molar-refractivity contribution in [2.75, 3.05) is 25.0 Å². The van der Waals surface area contributed by atoms with E-state index in [1.54, 1.807) is 13.2 Å². The number of alkyl halides is 3. The van der Waals surface area contributed by atoms with Crippen molar-refractivity contribution in [1.82, 2.24) is 20.2 Å². The standard InChI is InChI=1S/C24H26F3N5O/c1-28-23(33)32(20-5-3-2-4-6-20)21-11-13-31(14-12-21)16-19-15-29-22(30-19)17-7-9-18(10-8-17)24(25,26)27/h2-10,15,21H,11-14,16H2,1H3,(H,28,33)(H,29,30). The number of benzene rings is 2. The van der Waals surface area contributed by atoms with Gasteiger partial charge in [0.25, 0.3) is 0 Å². The minimum absolute atomic E-state index is 0.102. The number of H-pyrrole nitrogens is 1. The number of carbonyl (C=O) groups is 1. The number of carbonyl (C=O) groups excluding carboxylic acids is 1. The molecule has 174 valence electrons. The van der Waals surface area contributed by atoms with Gasteiger partial charge < -0.3 is 10.3 Å². The first kappa shape index (κ1) is 22.8.